The van der Waals surface area contributed by atoms with Gasteiger partial charge >= 0.3 is 0 Å². The van der Waals surface area contributed by atoms with Crippen molar-refractivity contribution in [3.63, 3.8) is 0 Å². The van der Waals surface area contributed by atoms with E-state index in [0.29, 0.717) is 6.42 Å². The van der Waals surface area contributed by atoms with Crippen molar-refractivity contribution in [2.24, 2.45) is 0 Å². The number of fused-ring (bicyclic) bond motifs is 1. The topological polar surface area (TPSA) is 32.3 Å². The number of carbonyl (C=O) groups is 1. The van der Waals surface area contributed by atoms with E-state index in [1.54, 1.807) is 4.90 Å². The monoisotopic (exact) mass is 190 g/mol. The molecule has 3 heteroatoms. The van der Waals surface area contributed by atoms with E-state index >= 15 is 0 Å². The number of carbonyl (C=O) groups excluding carboxylic acids is 1. The molecule has 0 radical (unpaired) electrons. The van der Waals surface area contributed by atoms with Crippen LogP contribution in [0.15, 0.2) is 24.3 Å². The average molecular weight is 190 g/mol. The van der Waals surface area contributed by atoms with Gasteiger partial charge in [0.15, 0.2) is 0 Å². The molecular formula is C11H14N2O. The van der Waals surface area contributed by atoms with Gasteiger partial charge in [0.1, 0.15) is 0 Å². The van der Waals surface area contributed by atoms with Gasteiger partial charge in [-0.3, -0.25) is 4.79 Å². The van der Waals surface area contributed by atoms with E-state index < -0.39 is 0 Å². The van der Waals surface area contributed by atoms with Gasteiger partial charge in [0, 0.05) is 25.8 Å². The van der Waals surface area contributed by atoms with Gasteiger partial charge in [0.25, 0.3) is 0 Å². The van der Waals surface area contributed by atoms with Crippen LogP contribution in [0.3, 0.4) is 0 Å². The molecule has 1 N–H and O–H groups in total. The largest absolute Gasteiger partial charge is 0.383 e. The van der Waals surface area contributed by atoms with Gasteiger partial charge in [-0.2, -0.15) is 0 Å². The first-order valence-corrected chi connectivity index (χ1v) is 4.83. The Morgan fingerprint density at radius 1 is 1.36 bits per heavy atom. The third kappa shape index (κ3) is 1.71. The highest BCUT2D eigenvalue weighted by atomic mass is 16.2. The Bertz CT molecular complexity index is 349. The van der Waals surface area contributed by atoms with Gasteiger partial charge in [-0.25, -0.2) is 0 Å². The lowest BCUT2D eigenvalue weighted by Gasteiger charge is -2.22. The number of nitrogens with one attached hydrogen (secondary N) is 1. The smallest absolute Gasteiger partial charge is 0.226 e. The molecule has 0 saturated heterocycles. The zero-order valence-corrected chi connectivity index (χ0v) is 8.29. The Morgan fingerprint density at radius 3 is 3.00 bits per heavy atom. The molecule has 0 aliphatic carbocycles. The molecule has 0 unspecified atom stereocenters. The van der Waals surface area contributed by atoms with Crippen LogP contribution in [0, 0.1) is 0 Å². The first kappa shape index (κ1) is 9.06. The van der Waals surface area contributed by atoms with E-state index in [0.717, 1.165) is 24.3 Å². The van der Waals surface area contributed by atoms with Crippen LogP contribution in [0.4, 0.5) is 5.69 Å². The molecular weight excluding hydrogens is 176 g/mol. The van der Waals surface area contributed by atoms with E-state index in [4.69, 9.17) is 0 Å². The van der Waals surface area contributed by atoms with Crippen molar-refractivity contribution >= 4 is 11.6 Å². The van der Waals surface area contributed by atoms with Gasteiger partial charge in [0.05, 0.1) is 6.42 Å². The SMILES string of the molecule is CN1CCNc2ccccc2CC1=O. The first-order valence-electron chi connectivity index (χ1n) is 4.83. The van der Waals surface area contributed by atoms with Crippen LogP contribution >= 0.6 is 0 Å². The zero-order valence-electron chi connectivity index (χ0n) is 8.29. The number of benzene rings is 1. The molecule has 1 heterocycles. The summed E-state index contributed by atoms with van der Waals surface area (Å²) in [6, 6.07) is 7.98. The third-order valence-electron chi connectivity index (χ3n) is 2.55. The molecule has 0 spiro atoms. The van der Waals surface area contributed by atoms with Crippen LogP contribution < -0.4 is 5.32 Å². The number of hydrogen-bond acceptors (Lipinski definition) is 2. The van der Waals surface area contributed by atoms with Gasteiger partial charge < -0.3 is 10.2 Å². The summed E-state index contributed by atoms with van der Waals surface area (Å²) in [4.78, 5) is 13.4. The summed E-state index contributed by atoms with van der Waals surface area (Å²) in [6.45, 7) is 1.59. The molecule has 0 atom stereocenters. The van der Waals surface area contributed by atoms with Crippen molar-refractivity contribution in [3.8, 4) is 0 Å². The molecule has 0 aromatic heterocycles. The summed E-state index contributed by atoms with van der Waals surface area (Å²) < 4.78 is 0. The van der Waals surface area contributed by atoms with Crippen molar-refractivity contribution in [2.75, 3.05) is 25.5 Å². The minimum absolute atomic E-state index is 0.193. The van der Waals surface area contributed by atoms with E-state index in [1.807, 2.05) is 31.3 Å². The standard InChI is InChI=1S/C11H14N2O/c1-13-7-6-12-10-5-3-2-4-9(10)8-11(13)14/h2-5,12H,6-8H2,1H3. The van der Waals surface area contributed by atoms with Crippen molar-refractivity contribution < 1.29 is 4.79 Å². The number of para-hydroxylation sites is 1. The fourth-order valence-electron chi connectivity index (χ4n) is 1.63. The molecule has 1 amide bonds. The maximum Gasteiger partial charge on any atom is 0.226 e. The Labute approximate surface area is 83.7 Å². The number of anilines is 1. The number of likely N-dealkylation sites (N-methyl/N-ethyl adjacent to an activating group) is 1. The average Bonchev–Trinajstić information content (AvgIpc) is 2.18. The zero-order chi connectivity index (χ0) is 9.97. The number of amides is 1. The summed E-state index contributed by atoms with van der Waals surface area (Å²) in [7, 11) is 1.85. The maximum absolute atomic E-state index is 11.6. The fourth-order valence-corrected chi connectivity index (χ4v) is 1.63. The molecule has 74 valence electrons. The van der Waals surface area contributed by atoms with Crippen molar-refractivity contribution in [1.82, 2.24) is 4.90 Å². The highest BCUT2D eigenvalue weighted by Gasteiger charge is 2.14. The van der Waals surface area contributed by atoms with Crippen LogP contribution in [0.25, 0.3) is 0 Å². The summed E-state index contributed by atoms with van der Waals surface area (Å²) in [5, 5.41) is 3.32. The third-order valence-corrected chi connectivity index (χ3v) is 2.55. The number of hydrogen-bond donors (Lipinski definition) is 1. The second kappa shape index (κ2) is 3.70. The highest BCUT2D eigenvalue weighted by Crippen LogP contribution is 2.17. The molecule has 3 nitrogen and oxygen atoms in total. The summed E-state index contributed by atoms with van der Waals surface area (Å²) >= 11 is 0. The Kier molecular flexibility index (Phi) is 2.39. The molecule has 0 bridgehead atoms. The Morgan fingerprint density at radius 2 is 2.14 bits per heavy atom. The predicted octanol–water partition coefficient (Wildman–Crippen LogP) is 1.11. The van der Waals surface area contributed by atoms with E-state index in [9.17, 15) is 4.79 Å². The van der Waals surface area contributed by atoms with Crippen molar-refractivity contribution in [2.45, 2.75) is 6.42 Å². The van der Waals surface area contributed by atoms with Crippen LogP contribution in [0.2, 0.25) is 0 Å². The molecule has 1 aromatic carbocycles. The lowest BCUT2D eigenvalue weighted by molar-refractivity contribution is -0.129. The maximum atomic E-state index is 11.6. The Hall–Kier alpha value is -1.51. The molecule has 0 fully saturated rings. The number of nitrogens with zero attached hydrogens (tertiary/aromatic N) is 1. The second-order valence-electron chi connectivity index (χ2n) is 3.58. The quantitative estimate of drug-likeness (QED) is 0.664. The molecule has 14 heavy (non-hydrogen) atoms. The second-order valence-corrected chi connectivity index (χ2v) is 3.58. The lowest BCUT2D eigenvalue weighted by atomic mass is 10.1. The normalized spacial score (nSPS) is 16.6. The molecule has 1 aromatic rings. The van der Waals surface area contributed by atoms with Crippen LogP contribution in [0.5, 0.6) is 0 Å². The molecule has 2 rings (SSSR count). The number of rotatable bonds is 0. The summed E-state index contributed by atoms with van der Waals surface area (Å²) in [5.74, 6) is 0.193. The summed E-state index contributed by atoms with van der Waals surface area (Å²) in [5.41, 5.74) is 2.18. The molecule has 1 aliphatic rings. The van der Waals surface area contributed by atoms with Crippen molar-refractivity contribution in [1.29, 1.82) is 0 Å². The van der Waals surface area contributed by atoms with E-state index in [-0.39, 0.29) is 5.91 Å². The van der Waals surface area contributed by atoms with Gasteiger partial charge in [-0.05, 0) is 11.6 Å². The molecule has 1 aliphatic heterocycles. The fraction of sp³-hybridized carbons (Fsp3) is 0.364. The van der Waals surface area contributed by atoms with Gasteiger partial charge in [0.2, 0.25) is 5.91 Å². The van der Waals surface area contributed by atoms with Crippen molar-refractivity contribution in [3.05, 3.63) is 29.8 Å². The van der Waals surface area contributed by atoms with E-state index in [2.05, 4.69) is 5.32 Å². The lowest BCUT2D eigenvalue weighted by Crippen LogP contribution is -2.34. The minimum Gasteiger partial charge on any atom is -0.383 e. The van der Waals surface area contributed by atoms with Crippen LogP contribution in [-0.4, -0.2) is 30.9 Å². The van der Waals surface area contributed by atoms with Gasteiger partial charge in [-0.15, -0.1) is 0 Å². The molecule has 0 saturated carbocycles. The van der Waals surface area contributed by atoms with Crippen LogP contribution in [-0.2, 0) is 11.2 Å². The summed E-state index contributed by atoms with van der Waals surface area (Å²) in [6.07, 6.45) is 0.500. The van der Waals surface area contributed by atoms with Crippen LogP contribution in [0.1, 0.15) is 5.56 Å². The minimum atomic E-state index is 0.193. The first-order chi connectivity index (χ1) is 6.77. The predicted molar refractivity (Wildman–Crippen MR) is 56.3 cm³/mol. The highest BCUT2D eigenvalue weighted by molar-refractivity contribution is 5.81. The Balaban J connectivity index is 2.29. The van der Waals surface area contributed by atoms with E-state index in [1.165, 1.54) is 0 Å². The van der Waals surface area contributed by atoms with Gasteiger partial charge in [-0.1, -0.05) is 18.2 Å².